The van der Waals surface area contributed by atoms with Crippen LogP contribution in [0, 0.1) is 0 Å². The molecule has 0 aromatic rings. The number of piperazine rings is 1. The van der Waals surface area contributed by atoms with Crippen LogP contribution in [-0.2, 0) is 0 Å². The van der Waals surface area contributed by atoms with Crippen molar-refractivity contribution in [3.05, 3.63) is 0 Å². The highest BCUT2D eigenvalue weighted by molar-refractivity contribution is 4.97. The monoisotopic (exact) mass is 268 g/mol. The molecule has 2 fully saturated rings. The molecule has 0 aromatic heterocycles. The van der Waals surface area contributed by atoms with Gasteiger partial charge >= 0.3 is 0 Å². The lowest BCUT2D eigenvalue weighted by Crippen LogP contribution is -2.63. The summed E-state index contributed by atoms with van der Waals surface area (Å²) in [6, 6.07) is 0.720. The number of nitrogens with one attached hydrogen (secondary N) is 1. The Hall–Kier alpha value is -0.160. The topological polar surface area (TPSA) is 21.8 Å². The maximum Gasteiger partial charge on any atom is 0.0280 e. The Bertz CT molecular complexity index is 269. The molecule has 2 aliphatic heterocycles. The van der Waals surface area contributed by atoms with Crippen molar-refractivity contribution >= 4 is 0 Å². The van der Waals surface area contributed by atoms with Gasteiger partial charge in [-0.25, -0.2) is 0 Å². The third-order valence-electron chi connectivity index (χ3n) is 4.78. The molecule has 0 bridgehead atoms. The van der Waals surface area contributed by atoms with Gasteiger partial charge in [0.2, 0.25) is 0 Å². The van der Waals surface area contributed by atoms with E-state index in [-0.39, 0.29) is 5.54 Å². The largest absolute Gasteiger partial charge is 0.310 e. The second kappa shape index (κ2) is 6.53. The zero-order chi connectivity index (χ0) is 13.9. The molecule has 0 saturated carbocycles. The minimum atomic E-state index is 0.282. The van der Waals surface area contributed by atoms with Crippen LogP contribution in [0.2, 0.25) is 0 Å². The summed E-state index contributed by atoms with van der Waals surface area (Å²) in [5.74, 6) is 0. The zero-order valence-electron chi connectivity index (χ0n) is 13.3. The molecule has 0 aliphatic carbocycles. The summed E-state index contributed by atoms with van der Waals surface area (Å²) in [4.78, 5) is 7.61. The molecule has 19 heavy (non-hydrogen) atoms. The van der Waals surface area contributed by atoms with Crippen LogP contribution in [0.15, 0.2) is 0 Å². The lowest BCUT2D eigenvalue weighted by Gasteiger charge is -2.48. The highest BCUT2D eigenvalue weighted by atomic mass is 15.3. The van der Waals surface area contributed by atoms with Gasteiger partial charge in [-0.2, -0.15) is 0 Å². The van der Waals surface area contributed by atoms with Crippen molar-refractivity contribution in [1.29, 1.82) is 0 Å². The van der Waals surface area contributed by atoms with Gasteiger partial charge in [-0.1, -0.05) is 0 Å². The fourth-order valence-corrected chi connectivity index (χ4v) is 3.46. The molecule has 2 aliphatic rings. The number of hydrogen-bond donors (Lipinski definition) is 1. The summed E-state index contributed by atoms with van der Waals surface area (Å²) in [5.41, 5.74) is 0.282. The number of hydrogen-bond acceptors (Lipinski definition) is 4. The van der Waals surface area contributed by atoms with E-state index in [9.17, 15) is 0 Å². The van der Waals surface area contributed by atoms with E-state index in [2.05, 4.69) is 48.0 Å². The Morgan fingerprint density at radius 1 is 1.16 bits per heavy atom. The van der Waals surface area contributed by atoms with Crippen molar-refractivity contribution < 1.29 is 0 Å². The van der Waals surface area contributed by atoms with Crippen LogP contribution >= 0.6 is 0 Å². The molecule has 112 valence electrons. The Balaban J connectivity index is 1.79. The van der Waals surface area contributed by atoms with Crippen LogP contribution in [0.4, 0.5) is 0 Å². The number of nitrogens with zero attached hydrogens (tertiary/aromatic N) is 3. The average molecular weight is 268 g/mol. The molecule has 2 heterocycles. The van der Waals surface area contributed by atoms with Gasteiger partial charge in [0.25, 0.3) is 0 Å². The maximum atomic E-state index is 3.70. The highest BCUT2D eigenvalue weighted by Gasteiger charge is 2.36. The Labute approximate surface area is 119 Å². The molecule has 0 aromatic carbocycles. The van der Waals surface area contributed by atoms with E-state index in [0.29, 0.717) is 0 Å². The fraction of sp³-hybridized carbons (Fsp3) is 1.00. The van der Waals surface area contributed by atoms with Crippen molar-refractivity contribution in [2.45, 2.75) is 38.3 Å². The van der Waals surface area contributed by atoms with Gasteiger partial charge in [0.05, 0.1) is 0 Å². The molecule has 2 saturated heterocycles. The molecule has 4 nitrogen and oxygen atoms in total. The summed E-state index contributed by atoms with van der Waals surface area (Å²) >= 11 is 0. The minimum absolute atomic E-state index is 0.282. The van der Waals surface area contributed by atoms with Gasteiger partial charge in [0, 0.05) is 50.8 Å². The quantitative estimate of drug-likeness (QED) is 0.810. The number of likely N-dealkylation sites (N-methyl/N-ethyl adjacent to an activating group) is 1. The van der Waals surface area contributed by atoms with Gasteiger partial charge in [0.15, 0.2) is 0 Å². The summed E-state index contributed by atoms with van der Waals surface area (Å²) in [5, 5.41) is 3.70. The van der Waals surface area contributed by atoms with E-state index in [1.165, 1.54) is 58.7 Å². The Kier molecular flexibility index (Phi) is 5.23. The summed E-state index contributed by atoms with van der Waals surface area (Å²) in [6.07, 6.45) is 2.69. The van der Waals surface area contributed by atoms with E-state index in [1.807, 2.05) is 0 Å². The van der Waals surface area contributed by atoms with Crippen LogP contribution < -0.4 is 5.32 Å². The standard InChI is InChI=1S/C15H32N4/c1-15(2)14(6-5-7-16-15)19-12-10-18(11-13-19)9-8-17(3)4/h14,16H,5-13H2,1-4H3. The number of piperidine rings is 1. The zero-order valence-corrected chi connectivity index (χ0v) is 13.3. The van der Waals surface area contributed by atoms with Crippen LogP contribution in [0.25, 0.3) is 0 Å². The van der Waals surface area contributed by atoms with Crippen LogP contribution in [0.3, 0.4) is 0 Å². The predicted octanol–water partition coefficient (Wildman–Crippen LogP) is 0.696. The third kappa shape index (κ3) is 4.15. The van der Waals surface area contributed by atoms with Crippen molar-refractivity contribution in [3.8, 4) is 0 Å². The van der Waals surface area contributed by atoms with Gasteiger partial charge in [-0.05, 0) is 47.3 Å². The molecular formula is C15H32N4. The van der Waals surface area contributed by atoms with Crippen molar-refractivity contribution in [2.24, 2.45) is 0 Å². The SMILES string of the molecule is CN(C)CCN1CCN(C2CCCNC2(C)C)CC1. The second-order valence-corrected chi connectivity index (χ2v) is 6.99. The minimum Gasteiger partial charge on any atom is -0.310 e. The number of rotatable bonds is 4. The van der Waals surface area contributed by atoms with Crippen molar-refractivity contribution in [1.82, 2.24) is 20.0 Å². The van der Waals surface area contributed by atoms with Crippen LogP contribution in [-0.4, -0.2) is 86.2 Å². The summed E-state index contributed by atoms with van der Waals surface area (Å²) in [7, 11) is 4.32. The van der Waals surface area contributed by atoms with E-state index in [4.69, 9.17) is 0 Å². The van der Waals surface area contributed by atoms with Gasteiger partial charge in [-0.3, -0.25) is 9.80 Å². The van der Waals surface area contributed by atoms with E-state index in [0.717, 1.165) is 6.04 Å². The van der Waals surface area contributed by atoms with E-state index >= 15 is 0 Å². The molecule has 1 unspecified atom stereocenters. The van der Waals surface area contributed by atoms with Crippen LogP contribution in [0.1, 0.15) is 26.7 Å². The van der Waals surface area contributed by atoms with Crippen LogP contribution in [0.5, 0.6) is 0 Å². The van der Waals surface area contributed by atoms with E-state index < -0.39 is 0 Å². The summed E-state index contributed by atoms with van der Waals surface area (Å²) < 4.78 is 0. The van der Waals surface area contributed by atoms with Gasteiger partial charge in [0.1, 0.15) is 0 Å². The lowest BCUT2D eigenvalue weighted by atomic mass is 9.85. The third-order valence-corrected chi connectivity index (χ3v) is 4.78. The lowest BCUT2D eigenvalue weighted by molar-refractivity contribution is 0.0371. The molecule has 0 amide bonds. The van der Waals surface area contributed by atoms with Gasteiger partial charge < -0.3 is 10.2 Å². The maximum absolute atomic E-state index is 3.70. The first-order valence-corrected chi connectivity index (χ1v) is 7.85. The smallest absolute Gasteiger partial charge is 0.0280 e. The predicted molar refractivity (Wildman–Crippen MR) is 81.7 cm³/mol. The normalized spacial score (nSPS) is 29.8. The molecule has 2 rings (SSSR count). The summed E-state index contributed by atoms with van der Waals surface area (Å²) in [6.45, 7) is 13.3. The highest BCUT2D eigenvalue weighted by Crippen LogP contribution is 2.25. The molecule has 1 N–H and O–H groups in total. The second-order valence-electron chi connectivity index (χ2n) is 6.99. The fourth-order valence-electron chi connectivity index (χ4n) is 3.46. The first-order chi connectivity index (χ1) is 8.99. The Morgan fingerprint density at radius 3 is 2.42 bits per heavy atom. The molecule has 0 spiro atoms. The van der Waals surface area contributed by atoms with Crippen molar-refractivity contribution in [2.75, 3.05) is 59.9 Å². The molecule has 0 radical (unpaired) electrons. The van der Waals surface area contributed by atoms with Crippen molar-refractivity contribution in [3.63, 3.8) is 0 Å². The van der Waals surface area contributed by atoms with Gasteiger partial charge in [-0.15, -0.1) is 0 Å². The molecule has 1 atom stereocenters. The molecule has 4 heteroatoms. The first kappa shape index (κ1) is 15.2. The Morgan fingerprint density at radius 2 is 1.84 bits per heavy atom. The average Bonchev–Trinajstić information content (AvgIpc) is 2.37. The van der Waals surface area contributed by atoms with E-state index in [1.54, 1.807) is 0 Å². The molecular weight excluding hydrogens is 236 g/mol. The first-order valence-electron chi connectivity index (χ1n) is 7.85.